The number of benzene rings is 2. The number of halogens is 2. The van der Waals surface area contributed by atoms with Gasteiger partial charge in [-0.2, -0.15) is 0 Å². The molecule has 0 saturated heterocycles. The van der Waals surface area contributed by atoms with Crippen molar-refractivity contribution in [1.82, 2.24) is 0 Å². The van der Waals surface area contributed by atoms with E-state index in [4.69, 9.17) is 0 Å². The molecule has 0 fully saturated rings. The second kappa shape index (κ2) is 6.52. The number of aryl methyl sites for hydroxylation is 1. The van der Waals surface area contributed by atoms with Gasteiger partial charge in [0.2, 0.25) is 5.91 Å². The van der Waals surface area contributed by atoms with E-state index in [-0.39, 0.29) is 18.3 Å². The summed E-state index contributed by atoms with van der Waals surface area (Å²) in [6.07, 6.45) is 0. The van der Waals surface area contributed by atoms with Crippen molar-refractivity contribution < 1.29 is 9.18 Å². The maximum Gasteiger partial charge on any atom is 0.243 e. The highest BCUT2D eigenvalue weighted by Crippen LogP contribution is 2.20. The van der Waals surface area contributed by atoms with Crippen LogP contribution in [0.4, 0.5) is 15.8 Å². The van der Waals surface area contributed by atoms with Crippen molar-refractivity contribution in [2.75, 3.05) is 17.2 Å². The molecule has 0 aliphatic heterocycles. The number of amides is 1. The molecule has 0 aliphatic rings. The van der Waals surface area contributed by atoms with Crippen LogP contribution in [-0.2, 0) is 4.79 Å². The van der Waals surface area contributed by atoms with Crippen molar-refractivity contribution >= 4 is 33.2 Å². The molecule has 1 amide bonds. The summed E-state index contributed by atoms with van der Waals surface area (Å²) in [5.74, 6) is -0.602. The van der Waals surface area contributed by atoms with Gasteiger partial charge in [-0.3, -0.25) is 4.79 Å². The van der Waals surface area contributed by atoms with Crippen molar-refractivity contribution in [3.63, 3.8) is 0 Å². The van der Waals surface area contributed by atoms with Crippen molar-refractivity contribution in [2.24, 2.45) is 0 Å². The third-order valence-corrected chi connectivity index (χ3v) is 3.64. The fourth-order valence-corrected chi connectivity index (χ4v) is 1.95. The normalized spacial score (nSPS) is 10.2. The lowest BCUT2D eigenvalue weighted by Gasteiger charge is -2.09. The van der Waals surface area contributed by atoms with Gasteiger partial charge in [0.25, 0.3) is 0 Å². The number of anilines is 2. The van der Waals surface area contributed by atoms with Gasteiger partial charge in [-0.15, -0.1) is 0 Å². The zero-order valence-electron chi connectivity index (χ0n) is 10.9. The minimum absolute atomic E-state index is 0.00997. The first-order valence-corrected chi connectivity index (χ1v) is 6.90. The summed E-state index contributed by atoms with van der Waals surface area (Å²) in [4.78, 5) is 11.8. The largest absolute Gasteiger partial charge is 0.374 e. The van der Waals surface area contributed by atoms with Gasteiger partial charge in [-0.25, -0.2) is 4.39 Å². The third kappa shape index (κ3) is 3.81. The Morgan fingerprint density at radius 2 is 2.00 bits per heavy atom. The lowest BCUT2D eigenvalue weighted by molar-refractivity contribution is -0.114. The molecule has 0 aliphatic carbocycles. The second-order valence-electron chi connectivity index (χ2n) is 4.35. The Morgan fingerprint density at radius 3 is 2.70 bits per heavy atom. The minimum Gasteiger partial charge on any atom is -0.374 e. The Balaban J connectivity index is 1.93. The summed E-state index contributed by atoms with van der Waals surface area (Å²) >= 11 is 3.40. The van der Waals surface area contributed by atoms with Crippen LogP contribution < -0.4 is 10.6 Å². The van der Waals surface area contributed by atoms with Crippen LogP contribution in [0.25, 0.3) is 0 Å². The first-order chi connectivity index (χ1) is 9.56. The van der Waals surface area contributed by atoms with Crippen molar-refractivity contribution in [3.05, 3.63) is 58.3 Å². The quantitative estimate of drug-likeness (QED) is 0.887. The molecule has 2 N–H and O–H groups in total. The van der Waals surface area contributed by atoms with Gasteiger partial charge in [0.1, 0.15) is 5.82 Å². The summed E-state index contributed by atoms with van der Waals surface area (Å²) in [6.45, 7) is 1.95. The van der Waals surface area contributed by atoms with Crippen LogP contribution in [-0.4, -0.2) is 12.5 Å². The van der Waals surface area contributed by atoms with E-state index in [2.05, 4.69) is 26.6 Å². The molecular weight excluding hydrogens is 323 g/mol. The average molecular weight is 337 g/mol. The van der Waals surface area contributed by atoms with Gasteiger partial charge >= 0.3 is 0 Å². The van der Waals surface area contributed by atoms with Crippen LogP contribution in [0.15, 0.2) is 46.9 Å². The highest BCUT2D eigenvalue weighted by molar-refractivity contribution is 9.10. The van der Waals surface area contributed by atoms with Crippen LogP contribution in [0, 0.1) is 12.7 Å². The highest BCUT2D eigenvalue weighted by atomic mass is 79.9. The number of nitrogens with one attached hydrogen (secondary N) is 2. The van der Waals surface area contributed by atoms with Crippen LogP contribution in [0.3, 0.4) is 0 Å². The van der Waals surface area contributed by atoms with Crippen molar-refractivity contribution in [2.45, 2.75) is 6.92 Å². The minimum atomic E-state index is -0.375. The molecule has 0 spiro atoms. The second-order valence-corrected chi connectivity index (χ2v) is 5.20. The summed E-state index contributed by atoms with van der Waals surface area (Å²) < 4.78 is 14.4. The monoisotopic (exact) mass is 336 g/mol. The molecule has 0 radical (unpaired) electrons. The Kier molecular flexibility index (Phi) is 4.74. The molecule has 104 valence electrons. The molecule has 0 aromatic heterocycles. The Morgan fingerprint density at radius 1 is 1.25 bits per heavy atom. The van der Waals surface area contributed by atoms with E-state index in [1.165, 1.54) is 6.07 Å². The molecule has 2 aromatic rings. The standard InChI is InChI=1S/C15H14BrFN2O/c1-10-8-11(6-7-12(10)16)19-15(20)9-18-14-5-3-2-4-13(14)17/h2-8,18H,9H2,1H3,(H,19,20). The molecular formula is C15H14BrFN2O. The lowest BCUT2D eigenvalue weighted by atomic mass is 10.2. The molecule has 2 aromatic carbocycles. The first-order valence-electron chi connectivity index (χ1n) is 6.10. The zero-order chi connectivity index (χ0) is 14.5. The fraction of sp³-hybridized carbons (Fsp3) is 0.133. The topological polar surface area (TPSA) is 41.1 Å². The molecule has 3 nitrogen and oxygen atoms in total. The van der Waals surface area contributed by atoms with Gasteiger partial charge in [0, 0.05) is 10.2 Å². The molecule has 2 rings (SSSR count). The Labute approximate surface area is 125 Å². The van der Waals surface area contributed by atoms with Gasteiger partial charge in [-0.05, 0) is 42.8 Å². The van der Waals surface area contributed by atoms with Crippen LogP contribution >= 0.6 is 15.9 Å². The maximum atomic E-state index is 13.4. The SMILES string of the molecule is Cc1cc(NC(=O)CNc2ccccc2F)ccc1Br. The van der Waals surface area contributed by atoms with E-state index in [0.717, 1.165) is 10.0 Å². The van der Waals surface area contributed by atoms with Gasteiger partial charge < -0.3 is 10.6 Å². The maximum absolute atomic E-state index is 13.4. The lowest BCUT2D eigenvalue weighted by Crippen LogP contribution is -2.22. The van der Waals surface area contributed by atoms with E-state index in [9.17, 15) is 9.18 Å². The Hall–Kier alpha value is -1.88. The van der Waals surface area contributed by atoms with E-state index >= 15 is 0 Å². The third-order valence-electron chi connectivity index (χ3n) is 2.75. The predicted molar refractivity (Wildman–Crippen MR) is 82.4 cm³/mol. The van der Waals surface area contributed by atoms with Gasteiger partial charge in [-0.1, -0.05) is 28.1 Å². The highest BCUT2D eigenvalue weighted by Gasteiger charge is 2.05. The van der Waals surface area contributed by atoms with E-state index in [1.54, 1.807) is 24.3 Å². The number of hydrogen-bond acceptors (Lipinski definition) is 2. The smallest absolute Gasteiger partial charge is 0.243 e. The summed E-state index contributed by atoms with van der Waals surface area (Å²) in [5.41, 5.74) is 2.06. The summed E-state index contributed by atoms with van der Waals surface area (Å²) in [7, 11) is 0. The molecule has 0 unspecified atom stereocenters. The number of rotatable bonds is 4. The van der Waals surface area contributed by atoms with E-state index < -0.39 is 0 Å². The molecule has 0 bridgehead atoms. The molecule has 0 saturated carbocycles. The number of hydrogen-bond donors (Lipinski definition) is 2. The summed E-state index contributed by atoms with van der Waals surface area (Å²) in [5, 5.41) is 5.52. The molecule has 20 heavy (non-hydrogen) atoms. The first kappa shape index (κ1) is 14.5. The van der Waals surface area contributed by atoms with Crippen LogP contribution in [0.5, 0.6) is 0 Å². The van der Waals surface area contributed by atoms with Crippen LogP contribution in [0.2, 0.25) is 0 Å². The fourth-order valence-electron chi connectivity index (χ4n) is 1.71. The van der Waals surface area contributed by atoms with Crippen LogP contribution in [0.1, 0.15) is 5.56 Å². The summed E-state index contributed by atoms with van der Waals surface area (Å²) in [6, 6.07) is 11.8. The van der Waals surface area contributed by atoms with Crippen molar-refractivity contribution in [1.29, 1.82) is 0 Å². The zero-order valence-corrected chi connectivity index (χ0v) is 12.5. The van der Waals surface area contributed by atoms with Gasteiger partial charge in [0.15, 0.2) is 0 Å². The van der Waals surface area contributed by atoms with E-state index in [0.29, 0.717) is 11.4 Å². The molecule has 5 heteroatoms. The average Bonchev–Trinajstić information content (AvgIpc) is 2.42. The van der Waals surface area contributed by atoms with Crippen molar-refractivity contribution in [3.8, 4) is 0 Å². The predicted octanol–water partition coefficient (Wildman–Crippen LogP) is 3.95. The van der Waals surface area contributed by atoms with E-state index in [1.807, 2.05) is 19.1 Å². The Bertz CT molecular complexity index is 631. The molecule has 0 atom stereocenters. The molecule has 0 heterocycles. The number of para-hydroxylation sites is 1. The van der Waals surface area contributed by atoms with Gasteiger partial charge in [0.05, 0.1) is 12.2 Å². The number of carbonyl (C=O) groups is 1. The number of carbonyl (C=O) groups excluding carboxylic acids is 1.